The van der Waals surface area contributed by atoms with Gasteiger partial charge in [-0.05, 0) is 57.1 Å². The fourth-order valence-electron chi connectivity index (χ4n) is 2.10. The van der Waals surface area contributed by atoms with Gasteiger partial charge in [-0.1, -0.05) is 6.92 Å². The van der Waals surface area contributed by atoms with Gasteiger partial charge in [0.05, 0.1) is 17.5 Å². The zero-order valence-electron chi connectivity index (χ0n) is 12.7. The lowest BCUT2D eigenvalue weighted by molar-refractivity contribution is 0.242. The van der Waals surface area contributed by atoms with Crippen molar-refractivity contribution in [3.8, 4) is 17.0 Å². The van der Waals surface area contributed by atoms with Gasteiger partial charge in [-0.2, -0.15) is 5.10 Å². The maximum atomic E-state index is 5.66. The number of hydrogen-bond donors (Lipinski definition) is 2. The van der Waals surface area contributed by atoms with Crippen LogP contribution in [0.4, 0.5) is 0 Å². The number of hydrogen-bond acceptors (Lipinski definition) is 3. The summed E-state index contributed by atoms with van der Waals surface area (Å²) in [5.74, 6) is 0.893. The van der Waals surface area contributed by atoms with Crippen molar-refractivity contribution in [3.05, 3.63) is 35.5 Å². The van der Waals surface area contributed by atoms with E-state index in [0.717, 1.165) is 35.8 Å². The molecule has 1 heterocycles. The van der Waals surface area contributed by atoms with E-state index in [1.54, 1.807) is 0 Å². The minimum Gasteiger partial charge on any atom is -0.491 e. The molecule has 0 aliphatic carbocycles. The van der Waals surface area contributed by atoms with E-state index in [4.69, 9.17) is 4.74 Å². The van der Waals surface area contributed by atoms with E-state index >= 15 is 0 Å². The Hall–Kier alpha value is -1.81. The summed E-state index contributed by atoms with van der Waals surface area (Å²) in [6.07, 6.45) is 0.194. The number of aromatic nitrogens is 2. The van der Waals surface area contributed by atoms with Crippen LogP contribution in [0.1, 0.15) is 32.0 Å². The highest BCUT2D eigenvalue weighted by Crippen LogP contribution is 2.25. The smallest absolute Gasteiger partial charge is 0.119 e. The van der Waals surface area contributed by atoms with Gasteiger partial charge < -0.3 is 10.1 Å². The van der Waals surface area contributed by atoms with Crippen LogP contribution in [0.5, 0.6) is 5.75 Å². The third-order valence-electron chi connectivity index (χ3n) is 3.16. The molecule has 108 valence electrons. The second-order valence-corrected chi connectivity index (χ2v) is 5.15. The molecular weight excluding hydrogens is 250 g/mol. The lowest BCUT2D eigenvalue weighted by Crippen LogP contribution is -2.12. The van der Waals surface area contributed by atoms with E-state index in [-0.39, 0.29) is 6.10 Å². The molecule has 0 aliphatic heterocycles. The predicted octanol–water partition coefficient (Wildman–Crippen LogP) is 3.28. The van der Waals surface area contributed by atoms with Crippen LogP contribution >= 0.6 is 0 Å². The number of benzene rings is 1. The molecule has 0 radical (unpaired) electrons. The van der Waals surface area contributed by atoms with Crippen LogP contribution in [0.3, 0.4) is 0 Å². The van der Waals surface area contributed by atoms with Crippen molar-refractivity contribution in [2.24, 2.45) is 0 Å². The van der Waals surface area contributed by atoms with E-state index < -0.39 is 0 Å². The highest BCUT2D eigenvalue weighted by molar-refractivity contribution is 5.64. The van der Waals surface area contributed by atoms with Crippen LogP contribution in [-0.2, 0) is 6.54 Å². The van der Waals surface area contributed by atoms with E-state index in [0.29, 0.717) is 0 Å². The van der Waals surface area contributed by atoms with Crippen molar-refractivity contribution >= 4 is 0 Å². The Kier molecular flexibility index (Phi) is 4.79. The Balaban J connectivity index is 2.17. The van der Waals surface area contributed by atoms with Crippen LogP contribution in [-0.4, -0.2) is 22.8 Å². The van der Waals surface area contributed by atoms with Crippen molar-refractivity contribution in [1.82, 2.24) is 15.5 Å². The summed E-state index contributed by atoms with van der Waals surface area (Å²) in [5, 5.41) is 10.8. The molecule has 0 unspecified atom stereocenters. The molecule has 1 aromatic carbocycles. The molecule has 2 aromatic rings. The fourth-order valence-corrected chi connectivity index (χ4v) is 2.10. The highest BCUT2D eigenvalue weighted by Gasteiger charge is 2.10. The summed E-state index contributed by atoms with van der Waals surface area (Å²) in [5.41, 5.74) is 4.46. The molecule has 0 saturated heterocycles. The summed E-state index contributed by atoms with van der Waals surface area (Å²) >= 11 is 0. The third kappa shape index (κ3) is 3.39. The Morgan fingerprint density at radius 3 is 2.55 bits per heavy atom. The van der Waals surface area contributed by atoms with Gasteiger partial charge in [0.15, 0.2) is 0 Å². The molecule has 0 aliphatic rings. The van der Waals surface area contributed by atoms with Gasteiger partial charge in [-0.15, -0.1) is 0 Å². The number of aromatic amines is 1. The Morgan fingerprint density at radius 2 is 1.95 bits per heavy atom. The van der Waals surface area contributed by atoms with Crippen LogP contribution in [0.25, 0.3) is 11.3 Å². The van der Waals surface area contributed by atoms with Gasteiger partial charge >= 0.3 is 0 Å². The highest BCUT2D eigenvalue weighted by atomic mass is 16.5. The average molecular weight is 273 g/mol. The summed E-state index contributed by atoms with van der Waals surface area (Å²) in [4.78, 5) is 0. The van der Waals surface area contributed by atoms with Gasteiger partial charge in [0.2, 0.25) is 0 Å². The summed E-state index contributed by atoms with van der Waals surface area (Å²) in [7, 11) is 0. The second-order valence-electron chi connectivity index (χ2n) is 5.15. The van der Waals surface area contributed by atoms with Crippen LogP contribution in [0.15, 0.2) is 24.3 Å². The molecular formula is C16H23N3O. The number of nitrogens with zero attached hydrogens (tertiary/aromatic N) is 1. The molecule has 0 atom stereocenters. The van der Waals surface area contributed by atoms with Crippen molar-refractivity contribution in [3.63, 3.8) is 0 Å². The second kappa shape index (κ2) is 6.57. The molecule has 4 nitrogen and oxygen atoms in total. The first-order chi connectivity index (χ1) is 9.61. The largest absolute Gasteiger partial charge is 0.491 e. The van der Waals surface area contributed by atoms with Crippen molar-refractivity contribution in [1.29, 1.82) is 0 Å². The van der Waals surface area contributed by atoms with E-state index in [2.05, 4.69) is 41.5 Å². The first kappa shape index (κ1) is 14.6. The first-order valence-corrected chi connectivity index (χ1v) is 7.13. The van der Waals surface area contributed by atoms with Gasteiger partial charge in [0.25, 0.3) is 0 Å². The normalized spacial score (nSPS) is 11.1. The van der Waals surface area contributed by atoms with Gasteiger partial charge in [-0.25, -0.2) is 0 Å². The van der Waals surface area contributed by atoms with Crippen molar-refractivity contribution in [2.45, 2.75) is 40.3 Å². The van der Waals surface area contributed by atoms with Gasteiger partial charge in [0.1, 0.15) is 5.75 Å². The number of H-pyrrole nitrogens is 1. The van der Waals surface area contributed by atoms with E-state index in [1.807, 2.05) is 26.0 Å². The molecule has 0 fully saturated rings. The van der Waals surface area contributed by atoms with E-state index in [1.165, 1.54) is 5.56 Å². The van der Waals surface area contributed by atoms with Gasteiger partial charge in [0, 0.05) is 12.1 Å². The number of nitrogens with one attached hydrogen (secondary N) is 2. The predicted molar refractivity (Wildman–Crippen MR) is 81.9 cm³/mol. The lowest BCUT2D eigenvalue weighted by Gasteiger charge is -2.09. The molecule has 1 aromatic heterocycles. The SMILES string of the molecule is CCNCc1[nH]nc(-c2ccc(OC(C)C)cc2)c1C. The minimum atomic E-state index is 0.194. The Bertz CT molecular complexity index is 543. The monoisotopic (exact) mass is 273 g/mol. The number of rotatable bonds is 6. The standard InChI is InChI=1S/C16H23N3O/c1-5-17-10-15-12(4)16(19-18-15)13-6-8-14(9-7-13)20-11(2)3/h6-9,11,17H,5,10H2,1-4H3,(H,18,19). The summed E-state index contributed by atoms with van der Waals surface area (Å²) in [6, 6.07) is 8.09. The maximum absolute atomic E-state index is 5.66. The Morgan fingerprint density at radius 1 is 1.25 bits per heavy atom. The van der Waals surface area contributed by atoms with Crippen molar-refractivity contribution < 1.29 is 4.74 Å². The molecule has 2 rings (SSSR count). The zero-order chi connectivity index (χ0) is 14.5. The summed E-state index contributed by atoms with van der Waals surface area (Å²) < 4.78 is 5.66. The zero-order valence-corrected chi connectivity index (χ0v) is 12.7. The van der Waals surface area contributed by atoms with Crippen LogP contribution in [0.2, 0.25) is 0 Å². The van der Waals surface area contributed by atoms with Crippen LogP contribution in [0, 0.1) is 6.92 Å². The van der Waals surface area contributed by atoms with Crippen LogP contribution < -0.4 is 10.1 Å². The summed E-state index contributed by atoms with van der Waals surface area (Å²) in [6.45, 7) is 10.0. The quantitative estimate of drug-likeness (QED) is 0.849. The molecule has 4 heteroatoms. The first-order valence-electron chi connectivity index (χ1n) is 7.13. The molecule has 0 amide bonds. The topological polar surface area (TPSA) is 49.9 Å². The lowest BCUT2D eigenvalue weighted by atomic mass is 10.1. The average Bonchev–Trinajstić information content (AvgIpc) is 2.78. The number of ether oxygens (including phenoxy) is 1. The molecule has 2 N–H and O–H groups in total. The molecule has 0 bridgehead atoms. The van der Waals surface area contributed by atoms with E-state index in [9.17, 15) is 0 Å². The Labute approximate surface area is 120 Å². The van der Waals surface area contributed by atoms with Crippen molar-refractivity contribution in [2.75, 3.05) is 6.54 Å². The minimum absolute atomic E-state index is 0.194. The fraction of sp³-hybridized carbons (Fsp3) is 0.438. The third-order valence-corrected chi connectivity index (χ3v) is 3.16. The molecule has 0 spiro atoms. The van der Waals surface area contributed by atoms with Gasteiger partial charge in [-0.3, -0.25) is 5.10 Å². The maximum Gasteiger partial charge on any atom is 0.119 e. The molecule has 0 saturated carbocycles. The molecule has 20 heavy (non-hydrogen) atoms.